The lowest BCUT2D eigenvalue weighted by atomic mass is 9.49. The fraction of sp³-hybridized carbons (Fsp3) is 1.00. The van der Waals surface area contributed by atoms with E-state index >= 15 is 0 Å². The summed E-state index contributed by atoms with van der Waals surface area (Å²) in [6.07, 6.45) is 7.19. The van der Waals surface area contributed by atoms with Gasteiger partial charge in [-0.3, -0.25) is 0 Å². The largest absolute Gasteiger partial charge is 0.0683 e. The fourth-order valence-corrected chi connectivity index (χ4v) is 3.78. The normalized spacial score (nSPS) is 19.0. The van der Waals surface area contributed by atoms with Gasteiger partial charge in [0, 0.05) is 0 Å². The van der Waals surface area contributed by atoms with Crippen LogP contribution in [0.1, 0.15) is 101 Å². The molecule has 1 saturated carbocycles. The summed E-state index contributed by atoms with van der Waals surface area (Å²) in [5, 5.41) is 0. The predicted molar refractivity (Wildman–Crippen MR) is 87.1 cm³/mol. The minimum absolute atomic E-state index is 0.450. The molecule has 0 saturated heterocycles. The fourth-order valence-electron chi connectivity index (χ4n) is 3.78. The van der Waals surface area contributed by atoms with Crippen LogP contribution in [0.5, 0.6) is 0 Å². The maximum absolute atomic E-state index is 2.43. The second kappa shape index (κ2) is 8.23. The molecular weight excluding hydrogens is 216 g/mol. The summed E-state index contributed by atoms with van der Waals surface area (Å²) in [6, 6.07) is 0. The summed E-state index contributed by atoms with van der Waals surface area (Å²) in [4.78, 5) is 0. The average molecular weight is 257 g/mol. The molecule has 0 aliphatic heterocycles. The van der Waals surface area contributed by atoms with E-state index in [0.29, 0.717) is 16.2 Å². The van der Waals surface area contributed by atoms with Gasteiger partial charge in [-0.15, -0.1) is 0 Å². The molecule has 0 atom stereocenters. The molecule has 1 aliphatic rings. The molecule has 0 heterocycles. The summed E-state index contributed by atoms with van der Waals surface area (Å²) in [6.45, 7) is 22.6. The van der Waals surface area contributed by atoms with Gasteiger partial charge in [-0.25, -0.2) is 0 Å². The van der Waals surface area contributed by atoms with Gasteiger partial charge in [-0.05, 0) is 29.1 Å². The predicted octanol–water partition coefficient (Wildman–Crippen LogP) is 7.08. The van der Waals surface area contributed by atoms with Crippen molar-refractivity contribution >= 4 is 0 Å². The molecule has 112 valence electrons. The van der Waals surface area contributed by atoms with Crippen LogP contribution in [0.25, 0.3) is 0 Å². The Balaban J connectivity index is 0. The zero-order valence-electron chi connectivity index (χ0n) is 15.0. The topological polar surface area (TPSA) is 0 Å². The summed E-state index contributed by atoms with van der Waals surface area (Å²) >= 11 is 0. The highest BCUT2D eigenvalue weighted by Crippen LogP contribution is 2.59. The van der Waals surface area contributed by atoms with Gasteiger partial charge in [0.25, 0.3) is 0 Å². The van der Waals surface area contributed by atoms with Crippen LogP contribution in [0.2, 0.25) is 0 Å². The number of hydrogen-bond acceptors (Lipinski definition) is 0. The van der Waals surface area contributed by atoms with E-state index in [9.17, 15) is 0 Å². The van der Waals surface area contributed by atoms with E-state index in [4.69, 9.17) is 0 Å². The molecule has 0 bridgehead atoms. The van der Waals surface area contributed by atoms with Crippen molar-refractivity contribution in [1.29, 1.82) is 0 Å². The van der Waals surface area contributed by atoms with E-state index < -0.39 is 0 Å². The first kappa shape index (κ1) is 20.3. The molecule has 0 aromatic carbocycles. The first-order valence-corrected chi connectivity index (χ1v) is 8.21. The van der Waals surface area contributed by atoms with Gasteiger partial charge in [0.15, 0.2) is 0 Å². The quantitative estimate of drug-likeness (QED) is 0.434. The zero-order valence-corrected chi connectivity index (χ0v) is 15.0. The average Bonchev–Trinajstić information content (AvgIpc) is 2.32. The van der Waals surface area contributed by atoms with Crippen LogP contribution in [0.15, 0.2) is 0 Å². The lowest BCUT2D eigenvalue weighted by molar-refractivity contribution is -0.0638. The van der Waals surface area contributed by atoms with Crippen molar-refractivity contribution in [3.8, 4) is 0 Å². The maximum Gasteiger partial charge on any atom is -0.0200 e. The molecular formula is C18H40. The van der Waals surface area contributed by atoms with Crippen molar-refractivity contribution in [2.24, 2.45) is 16.2 Å². The van der Waals surface area contributed by atoms with E-state index in [1.54, 1.807) is 0 Å². The van der Waals surface area contributed by atoms with Crippen molar-refractivity contribution < 1.29 is 0 Å². The van der Waals surface area contributed by atoms with Crippen LogP contribution in [0.3, 0.4) is 0 Å². The minimum atomic E-state index is 0.450. The van der Waals surface area contributed by atoms with E-state index in [1.165, 1.54) is 32.1 Å². The molecule has 0 radical (unpaired) electrons. The monoisotopic (exact) mass is 256 g/mol. The molecule has 0 nitrogen and oxygen atoms in total. The Morgan fingerprint density at radius 2 is 0.833 bits per heavy atom. The zero-order chi connectivity index (χ0) is 15.0. The van der Waals surface area contributed by atoms with Crippen molar-refractivity contribution in [1.82, 2.24) is 0 Å². The molecule has 0 aromatic rings. The molecule has 18 heavy (non-hydrogen) atoms. The summed E-state index contributed by atoms with van der Waals surface area (Å²) in [7, 11) is 0. The molecule has 0 spiro atoms. The SMILES string of the molecule is CC.CC.CC(C)(C)C1(C(C)(C)C)CCCCC1. The second-order valence-corrected chi connectivity index (χ2v) is 7.14. The minimum Gasteiger partial charge on any atom is -0.0683 e. The highest BCUT2D eigenvalue weighted by Gasteiger charge is 2.50. The van der Waals surface area contributed by atoms with Gasteiger partial charge < -0.3 is 0 Å². The Bertz CT molecular complexity index is 165. The summed E-state index contributed by atoms with van der Waals surface area (Å²) < 4.78 is 0. The molecule has 0 heteroatoms. The van der Waals surface area contributed by atoms with Gasteiger partial charge in [-0.2, -0.15) is 0 Å². The van der Waals surface area contributed by atoms with Crippen LogP contribution in [-0.2, 0) is 0 Å². The Kier molecular flexibility index (Phi) is 9.29. The van der Waals surface area contributed by atoms with Crippen LogP contribution in [0.4, 0.5) is 0 Å². The van der Waals surface area contributed by atoms with Gasteiger partial charge in [0.2, 0.25) is 0 Å². The van der Waals surface area contributed by atoms with Crippen LogP contribution in [0, 0.1) is 16.2 Å². The highest BCUT2D eigenvalue weighted by atomic mass is 14.5. The van der Waals surface area contributed by atoms with E-state index in [2.05, 4.69) is 41.5 Å². The molecule has 1 fully saturated rings. The Labute approximate surface area is 118 Å². The first-order valence-electron chi connectivity index (χ1n) is 8.21. The molecule has 0 aromatic heterocycles. The molecule has 0 amide bonds. The Morgan fingerprint density at radius 3 is 1.00 bits per heavy atom. The van der Waals surface area contributed by atoms with Crippen molar-refractivity contribution in [2.45, 2.75) is 101 Å². The Hall–Kier alpha value is 0. The van der Waals surface area contributed by atoms with Gasteiger partial charge in [-0.1, -0.05) is 88.5 Å². The van der Waals surface area contributed by atoms with Crippen LogP contribution in [-0.4, -0.2) is 0 Å². The Morgan fingerprint density at radius 1 is 0.556 bits per heavy atom. The third-order valence-electron chi connectivity index (χ3n) is 4.58. The van der Waals surface area contributed by atoms with Gasteiger partial charge in [0.05, 0.1) is 0 Å². The van der Waals surface area contributed by atoms with Gasteiger partial charge >= 0.3 is 0 Å². The van der Waals surface area contributed by atoms with Crippen LogP contribution >= 0.6 is 0 Å². The smallest absolute Gasteiger partial charge is 0.0200 e. The lowest BCUT2D eigenvalue weighted by Crippen LogP contribution is -2.47. The van der Waals surface area contributed by atoms with E-state index in [0.717, 1.165) is 0 Å². The number of rotatable bonds is 0. The van der Waals surface area contributed by atoms with Crippen molar-refractivity contribution in [2.75, 3.05) is 0 Å². The van der Waals surface area contributed by atoms with Crippen molar-refractivity contribution in [3.63, 3.8) is 0 Å². The molecule has 1 rings (SSSR count). The third kappa shape index (κ3) is 4.59. The molecule has 1 aliphatic carbocycles. The second-order valence-electron chi connectivity index (χ2n) is 7.14. The molecule has 0 N–H and O–H groups in total. The van der Waals surface area contributed by atoms with E-state index in [1.807, 2.05) is 27.7 Å². The number of hydrogen-bond donors (Lipinski definition) is 0. The summed E-state index contributed by atoms with van der Waals surface area (Å²) in [5.74, 6) is 0. The van der Waals surface area contributed by atoms with E-state index in [-0.39, 0.29) is 0 Å². The molecule has 0 unspecified atom stereocenters. The lowest BCUT2D eigenvalue weighted by Gasteiger charge is -2.56. The summed E-state index contributed by atoms with van der Waals surface area (Å²) in [5.41, 5.74) is 1.45. The third-order valence-corrected chi connectivity index (χ3v) is 4.58. The highest BCUT2D eigenvalue weighted by molar-refractivity contribution is 4.99. The standard InChI is InChI=1S/C14H28.2C2H6/c1-12(2,3)14(13(4,5)6)10-8-7-9-11-14;2*1-2/h7-11H2,1-6H3;2*1-2H3. The maximum atomic E-state index is 2.43. The first-order chi connectivity index (χ1) is 8.21. The van der Waals surface area contributed by atoms with Crippen molar-refractivity contribution in [3.05, 3.63) is 0 Å². The van der Waals surface area contributed by atoms with Gasteiger partial charge in [0.1, 0.15) is 0 Å². The van der Waals surface area contributed by atoms with Crippen LogP contribution < -0.4 is 0 Å².